The van der Waals surface area contributed by atoms with Gasteiger partial charge in [-0.15, -0.1) is 0 Å². The number of piperazine rings is 1. The van der Waals surface area contributed by atoms with Crippen molar-refractivity contribution in [2.24, 2.45) is 7.05 Å². The fourth-order valence-corrected chi connectivity index (χ4v) is 7.31. The van der Waals surface area contributed by atoms with Gasteiger partial charge in [-0.25, -0.2) is 17.4 Å². The van der Waals surface area contributed by atoms with Crippen LogP contribution in [0.15, 0.2) is 66.1 Å². The molecule has 4 aromatic rings. The van der Waals surface area contributed by atoms with Crippen molar-refractivity contribution in [3.8, 4) is 11.1 Å². The van der Waals surface area contributed by atoms with Crippen molar-refractivity contribution in [1.29, 1.82) is 0 Å². The van der Waals surface area contributed by atoms with Gasteiger partial charge in [-0.2, -0.15) is 5.10 Å². The number of hydrogen-bond acceptors (Lipinski definition) is 6. The van der Waals surface area contributed by atoms with Crippen LogP contribution in [0.4, 0.5) is 0 Å². The first-order valence-electron chi connectivity index (χ1n) is 13.1. The maximum atomic E-state index is 13.6. The van der Waals surface area contributed by atoms with Crippen molar-refractivity contribution >= 4 is 21.1 Å². The average molecular weight is 519 g/mol. The molecule has 0 atom stereocenters. The number of hydrogen-bond donors (Lipinski definition) is 0. The first-order chi connectivity index (χ1) is 17.9. The lowest BCUT2D eigenvalue weighted by Crippen LogP contribution is -2.49. The Bertz CT molecular complexity index is 1490. The van der Waals surface area contributed by atoms with E-state index in [2.05, 4.69) is 28.0 Å². The third kappa shape index (κ3) is 4.60. The molecular formula is C28H34N6O2S. The predicted molar refractivity (Wildman–Crippen MR) is 145 cm³/mol. The van der Waals surface area contributed by atoms with E-state index in [0.717, 1.165) is 55.5 Å². The molecule has 0 N–H and O–H groups in total. The average Bonchev–Trinajstić information content (AvgIpc) is 3.53. The fourth-order valence-electron chi connectivity index (χ4n) is 5.96. The Morgan fingerprint density at radius 1 is 0.892 bits per heavy atom. The van der Waals surface area contributed by atoms with Gasteiger partial charge in [-0.3, -0.25) is 9.58 Å². The molecule has 0 spiro atoms. The highest BCUT2D eigenvalue weighted by atomic mass is 32.2. The van der Waals surface area contributed by atoms with Crippen molar-refractivity contribution in [1.82, 2.24) is 28.5 Å². The van der Waals surface area contributed by atoms with E-state index >= 15 is 0 Å². The monoisotopic (exact) mass is 518 g/mol. The molecule has 0 unspecified atom stereocenters. The van der Waals surface area contributed by atoms with Crippen LogP contribution in [0.1, 0.15) is 37.2 Å². The molecule has 194 valence electrons. The van der Waals surface area contributed by atoms with Crippen LogP contribution in [0.3, 0.4) is 0 Å². The van der Waals surface area contributed by atoms with Gasteiger partial charge in [0.2, 0.25) is 0 Å². The largest absolute Gasteiger partial charge is 0.304 e. The lowest BCUT2D eigenvalue weighted by molar-refractivity contribution is 0.0878. The minimum Gasteiger partial charge on any atom is -0.304 e. The molecule has 4 heterocycles. The molecule has 6 rings (SSSR count). The highest BCUT2D eigenvalue weighted by Gasteiger charge is 2.29. The molecule has 1 aliphatic heterocycles. The molecule has 1 saturated carbocycles. The fraction of sp³-hybridized carbons (Fsp3) is 0.429. The van der Waals surface area contributed by atoms with E-state index in [-0.39, 0.29) is 4.90 Å². The highest BCUT2D eigenvalue weighted by molar-refractivity contribution is 7.90. The molecule has 0 amide bonds. The van der Waals surface area contributed by atoms with Crippen molar-refractivity contribution in [3.63, 3.8) is 0 Å². The lowest BCUT2D eigenvalue weighted by Gasteiger charge is -2.41. The summed E-state index contributed by atoms with van der Waals surface area (Å²) in [5.41, 5.74) is 3.37. The van der Waals surface area contributed by atoms with E-state index < -0.39 is 10.0 Å². The van der Waals surface area contributed by atoms with E-state index in [4.69, 9.17) is 4.98 Å². The van der Waals surface area contributed by atoms with Gasteiger partial charge in [0.25, 0.3) is 10.0 Å². The molecule has 1 aliphatic carbocycles. The van der Waals surface area contributed by atoms with Crippen LogP contribution in [-0.4, -0.2) is 76.2 Å². The Morgan fingerprint density at radius 2 is 1.62 bits per heavy atom. The minimum absolute atomic E-state index is 0.248. The molecule has 8 nitrogen and oxygen atoms in total. The number of pyridine rings is 1. The van der Waals surface area contributed by atoms with Crippen LogP contribution in [0, 0.1) is 0 Å². The topological polar surface area (TPSA) is 76.3 Å². The first-order valence-corrected chi connectivity index (χ1v) is 14.6. The lowest BCUT2D eigenvalue weighted by atomic mass is 9.81. The molecule has 1 saturated heterocycles. The number of rotatable bonds is 5. The van der Waals surface area contributed by atoms with E-state index in [1.807, 2.05) is 25.5 Å². The van der Waals surface area contributed by atoms with E-state index in [1.165, 1.54) is 22.4 Å². The Kier molecular flexibility index (Phi) is 6.38. The Labute approximate surface area is 218 Å². The molecule has 3 aromatic heterocycles. The van der Waals surface area contributed by atoms with Gasteiger partial charge in [-0.05, 0) is 62.4 Å². The summed E-state index contributed by atoms with van der Waals surface area (Å²) in [7, 11) is 0.282. The second-order valence-electron chi connectivity index (χ2n) is 10.5. The van der Waals surface area contributed by atoms with Crippen LogP contribution in [0.2, 0.25) is 0 Å². The van der Waals surface area contributed by atoms with E-state index in [0.29, 0.717) is 17.6 Å². The first kappa shape index (κ1) is 24.3. The minimum atomic E-state index is -3.79. The maximum Gasteiger partial charge on any atom is 0.269 e. The van der Waals surface area contributed by atoms with Crippen molar-refractivity contribution in [2.75, 3.05) is 33.2 Å². The van der Waals surface area contributed by atoms with Gasteiger partial charge >= 0.3 is 0 Å². The third-order valence-corrected chi connectivity index (χ3v) is 9.84. The van der Waals surface area contributed by atoms with E-state index in [1.54, 1.807) is 41.3 Å². The Morgan fingerprint density at radius 3 is 2.30 bits per heavy atom. The maximum absolute atomic E-state index is 13.6. The van der Waals surface area contributed by atoms with Crippen molar-refractivity contribution < 1.29 is 8.42 Å². The molecular weight excluding hydrogens is 484 g/mol. The zero-order valence-corrected chi connectivity index (χ0v) is 22.3. The molecule has 0 bridgehead atoms. The normalized spacial score (nSPS) is 22.0. The summed E-state index contributed by atoms with van der Waals surface area (Å²) < 4.78 is 30.2. The molecule has 37 heavy (non-hydrogen) atoms. The molecule has 2 aliphatic rings. The van der Waals surface area contributed by atoms with Gasteiger partial charge in [0, 0.05) is 74.4 Å². The number of likely N-dealkylation sites (N-methyl/N-ethyl adjacent to an activating group) is 1. The van der Waals surface area contributed by atoms with Gasteiger partial charge in [0.15, 0.2) is 5.65 Å². The number of benzene rings is 1. The summed E-state index contributed by atoms with van der Waals surface area (Å²) in [4.78, 5) is 10.1. The van der Waals surface area contributed by atoms with Crippen LogP contribution in [0.5, 0.6) is 0 Å². The van der Waals surface area contributed by atoms with Crippen LogP contribution >= 0.6 is 0 Å². The van der Waals surface area contributed by atoms with Crippen molar-refractivity contribution in [2.45, 2.75) is 42.5 Å². The molecule has 0 radical (unpaired) electrons. The number of fused-ring (bicyclic) bond motifs is 1. The van der Waals surface area contributed by atoms with Crippen molar-refractivity contribution in [3.05, 3.63) is 66.7 Å². The zero-order valence-electron chi connectivity index (χ0n) is 21.5. The van der Waals surface area contributed by atoms with Gasteiger partial charge in [0.05, 0.1) is 11.1 Å². The number of nitrogens with zero attached hydrogens (tertiary/aromatic N) is 6. The second-order valence-corrected chi connectivity index (χ2v) is 12.4. The number of aryl methyl sites for hydroxylation is 1. The molecule has 2 fully saturated rings. The predicted octanol–water partition coefficient (Wildman–Crippen LogP) is 3.95. The summed E-state index contributed by atoms with van der Waals surface area (Å²) >= 11 is 0. The molecule has 1 aromatic carbocycles. The Balaban J connectivity index is 1.33. The summed E-state index contributed by atoms with van der Waals surface area (Å²) in [6, 6.07) is 11.4. The van der Waals surface area contributed by atoms with Gasteiger partial charge in [0.1, 0.15) is 0 Å². The second kappa shape index (κ2) is 9.70. The zero-order chi connectivity index (χ0) is 25.6. The number of aromatic nitrogens is 4. The Hall–Kier alpha value is -3.01. The van der Waals surface area contributed by atoms with Crippen LogP contribution < -0.4 is 0 Å². The molecule has 9 heteroatoms. The summed E-state index contributed by atoms with van der Waals surface area (Å²) in [5.74, 6) is 0.441. The summed E-state index contributed by atoms with van der Waals surface area (Å²) in [5, 5.41) is 5.18. The van der Waals surface area contributed by atoms with Crippen LogP contribution in [-0.2, 0) is 17.1 Å². The standard InChI is InChI=1S/C28H34N6O2S/c1-31-12-14-33(15-13-31)24-10-8-21(9-11-24)22-16-26-27(23-18-30-32(2)19-23)20-34(28(26)29-17-22)37(35,36)25-6-4-3-5-7-25/h3-7,16-21,24H,8-15H2,1-2H3/t21-,24-. The smallest absolute Gasteiger partial charge is 0.269 e. The van der Waals surface area contributed by atoms with Gasteiger partial charge in [-0.1, -0.05) is 18.2 Å². The third-order valence-electron chi connectivity index (χ3n) is 8.17. The van der Waals surface area contributed by atoms with Crippen LogP contribution in [0.25, 0.3) is 22.2 Å². The van der Waals surface area contributed by atoms with E-state index in [9.17, 15) is 8.42 Å². The SMILES string of the molecule is CN1CCN([C@H]2CC[C@H](c3cnc4c(c3)c(-c3cnn(C)c3)cn4S(=O)(=O)c3ccccc3)CC2)CC1. The summed E-state index contributed by atoms with van der Waals surface area (Å²) in [6.45, 7) is 4.63. The summed E-state index contributed by atoms with van der Waals surface area (Å²) in [6.07, 6.45) is 12.0. The van der Waals surface area contributed by atoms with Gasteiger partial charge < -0.3 is 4.90 Å². The quantitative estimate of drug-likeness (QED) is 0.398. The highest BCUT2D eigenvalue weighted by Crippen LogP contribution is 2.38.